The van der Waals surface area contributed by atoms with Crippen LogP contribution in [0.4, 0.5) is 5.69 Å². The lowest BCUT2D eigenvalue weighted by Gasteiger charge is -2.21. The Hall–Kier alpha value is -2.31. The molecule has 2 aromatic carbocycles. The quantitative estimate of drug-likeness (QED) is 0.902. The number of hydrogen-bond donors (Lipinski definition) is 2. The molecule has 21 heavy (non-hydrogen) atoms. The molecular formula is C18H19N3. The van der Waals surface area contributed by atoms with E-state index < -0.39 is 0 Å². The largest absolute Gasteiger partial charge is 0.385 e. The van der Waals surface area contributed by atoms with Gasteiger partial charge in [-0.2, -0.15) is 5.26 Å². The van der Waals surface area contributed by atoms with Gasteiger partial charge in [-0.1, -0.05) is 30.3 Å². The molecule has 2 aromatic rings. The zero-order chi connectivity index (χ0) is 14.5. The number of nitriles is 1. The molecule has 3 rings (SSSR count). The number of hydrogen-bond acceptors (Lipinski definition) is 3. The molecule has 0 radical (unpaired) electrons. The number of aryl methyl sites for hydroxylation is 1. The minimum Gasteiger partial charge on any atom is -0.385 e. The molecule has 3 nitrogen and oxygen atoms in total. The summed E-state index contributed by atoms with van der Waals surface area (Å²) < 4.78 is 0. The Labute approximate surface area is 125 Å². The first-order chi connectivity index (χ1) is 10.4. The zero-order valence-electron chi connectivity index (χ0n) is 12.0. The van der Waals surface area contributed by atoms with E-state index in [4.69, 9.17) is 5.26 Å². The van der Waals surface area contributed by atoms with Gasteiger partial charge in [0.15, 0.2) is 0 Å². The Balaban J connectivity index is 1.61. The molecule has 3 heteroatoms. The maximum atomic E-state index is 8.79. The van der Waals surface area contributed by atoms with Crippen molar-refractivity contribution in [1.29, 1.82) is 5.26 Å². The highest BCUT2D eigenvalue weighted by molar-refractivity contribution is 5.59. The molecule has 0 saturated carbocycles. The van der Waals surface area contributed by atoms with Gasteiger partial charge in [0.1, 0.15) is 0 Å². The number of nitrogens with zero attached hydrogens (tertiary/aromatic N) is 1. The van der Waals surface area contributed by atoms with Gasteiger partial charge in [0.2, 0.25) is 0 Å². The molecule has 106 valence electrons. The molecule has 2 N–H and O–H groups in total. The van der Waals surface area contributed by atoms with Gasteiger partial charge in [0, 0.05) is 25.3 Å². The van der Waals surface area contributed by atoms with Crippen molar-refractivity contribution < 1.29 is 0 Å². The standard InChI is InChI=1S/C18H19N3/c19-11-14-6-8-15(9-7-14)12-20-13-17-4-1-3-16-5-2-10-21-18(16)17/h1,3-4,6-9,20-21H,2,5,10,12-13H2. The minimum absolute atomic E-state index is 0.708. The third-order valence-electron chi connectivity index (χ3n) is 3.89. The molecule has 0 bridgehead atoms. The first-order valence-electron chi connectivity index (χ1n) is 7.41. The van der Waals surface area contributed by atoms with Crippen LogP contribution in [-0.4, -0.2) is 6.54 Å². The maximum absolute atomic E-state index is 8.79. The second-order valence-corrected chi connectivity index (χ2v) is 5.39. The van der Waals surface area contributed by atoms with Crippen LogP contribution in [0.25, 0.3) is 0 Å². The third kappa shape index (κ3) is 3.24. The fourth-order valence-electron chi connectivity index (χ4n) is 2.77. The summed E-state index contributed by atoms with van der Waals surface area (Å²) in [7, 11) is 0. The fraction of sp³-hybridized carbons (Fsp3) is 0.278. The summed E-state index contributed by atoms with van der Waals surface area (Å²) in [5, 5.41) is 15.8. The molecule has 0 amide bonds. The Morgan fingerprint density at radius 3 is 2.76 bits per heavy atom. The highest BCUT2D eigenvalue weighted by Crippen LogP contribution is 2.25. The Bertz CT molecular complexity index is 653. The van der Waals surface area contributed by atoms with Crippen LogP contribution in [-0.2, 0) is 19.5 Å². The molecule has 0 atom stereocenters. The lowest BCUT2D eigenvalue weighted by molar-refractivity contribution is 0.690. The van der Waals surface area contributed by atoms with E-state index in [1.807, 2.05) is 24.3 Å². The lowest BCUT2D eigenvalue weighted by atomic mass is 9.99. The summed E-state index contributed by atoms with van der Waals surface area (Å²) in [6.07, 6.45) is 2.39. The van der Waals surface area contributed by atoms with Gasteiger partial charge in [-0.15, -0.1) is 0 Å². The second kappa shape index (κ2) is 6.43. The van der Waals surface area contributed by atoms with Crippen LogP contribution in [0.1, 0.15) is 28.7 Å². The molecule has 1 aliphatic heterocycles. The molecule has 0 spiro atoms. The summed E-state index contributed by atoms with van der Waals surface area (Å²) >= 11 is 0. The molecule has 0 aliphatic carbocycles. The van der Waals surface area contributed by atoms with E-state index >= 15 is 0 Å². The van der Waals surface area contributed by atoms with Crippen molar-refractivity contribution in [1.82, 2.24) is 5.32 Å². The van der Waals surface area contributed by atoms with E-state index in [1.165, 1.54) is 35.2 Å². The van der Waals surface area contributed by atoms with Crippen LogP contribution < -0.4 is 10.6 Å². The molecule has 0 fully saturated rings. The molecule has 0 saturated heterocycles. The molecule has 0 aromatic heterocycles. The Kier molecular flexibility index (Phi) is 4.18. The van der Waals surface area contributed by atoms with E-state index in [-0.39, 0.29) is 0 Å². The van der Waals surface area contributed by atoms with E-state index in [0.717, 1.165) is 19.6 Å². The average molecular weight is 277 g/mol. The molecule has 1 heterocycles. The second-order valence-electron chi connectivity index (χ2n) is 5.39. The van der Waals surface area contributed by atoms with E-state index in [9.17, 15) is 0 Å². The summed E-state index contributed by atoms with van der Waals surface area (Å²) in [5.41, 5.74) is 5.99. The Morgan fingerprint density at radius 1 is 1.10 bits per heavy atom. The highest BCUT2D eigenvalue weighted by atomic mass is 14.9. The van der Waals surface area contributed by atoms with Crippen LogP contribution in [0.3, 0.4) is 0 Å². The highest BCUT2D eigenvalue weighted by Gasteiger charge is 2.11. The number of anilines is 1. The molecule has 0 unspecified atom stereocenters. The monoisotopic (exact) mass is 277 g/mol. The summed E-state index contributed by atoms with van der Waals surface area (Å²) in [6, 6.07) is 16.4. The minimum atomic E-state index is 0.708. The van der Waals surface area contributed by atoms with Crippen molar-refractivity contribution in [2.45, 2.75) is 25.9 Å². The normalized spacial score (nSPS) is 13.1. The lowest BCUT2D eigenvalue weighted by Crippen LogP contribution is -2.18. The summed E-state index contributed by atoms with van der Waals surface area (Å²) in [5.74, 6) is 0. The van der Waals surface area contributed by atoms with E-state index in [0.29, 0.717) is 5.56 Å². The first kappa shape index (κ1) is 13.7. The van der Waals surface area contributed by atoms with Crippen LogP contribution in [0.2, 0.25) is 0 Å². The topological polar surface area (TPSA) is 47.9 Å². The predicted octanol–water partition coefficient (Wildman–Crippen LogP) is 3.21. The summed E-state index contributed by atoms with van der Waals surface area (Å²) in [6.45, 7) is 2.74. The average Bonchev–Trinajstić information content (AvgIpc) is 2.56. The van der Waals surface area contributed by atoms with Crippen molar-refractivity contribution >= 4 is 5.69 Å². The van der Waals surface area contributed by atoms with Crippen LogP contribution in [0.15, 0.2) is 42.5 Å². The van der Waals surface area contributed by atoms with Crippen LogP contribution >= 0.6 is 0 Å². The van der Waals surface area contributed by atoms with E-state index in [1.54, 1.807) is 0 Å². The van der Waals surface area contributed by atoms with Crippen molar-refractivity contribution in [2.75, 3.05) is 11.9 Å². The molecular weight excluding hydrogens is 258 g/mol. The van der Waals surface area contributed by atoms with Crippen LogP contribution in [0, 0.1) is 11.3 Å². The van der Waals surface area contributed by atoms with Crippen LogP contribution in [0.5, 0.6) is 0 Å². The van der Waals surface area contributed by atoms with Crippen molar-refractivity contribution in [3.8, 4) is 6.07 Å². The van der Waals surface area contributed by atoms with Crippen molar-refractivity contribution in [3.05, 3.63) is 64.7 Å². The van der Waals surface area contributed by atoms with Gasteiger partial charge < -0.3 is 10.6 Å². The van der Waals surface area contributed by atoms with E-state index in [2.05, 4.69) is 34.9 Å². The smallest absolute Gasteiger partial charge is 0.0991 e. The van der Waals surface area contributed by atoms with Gasteiger partial charge in [0.05, 0.1) is 11.6 Å². The number of para-hydroxylation sites is 1. The fourth-order valence-corrected chi connectivity index (χ4v) is 2.77. The van der Waals surface area contributed by atoms with Crippen molar-refractivity contribution in [3.63, 3.8) is 0 Å². The number of rotatable bonds is 4. The third-order valence-corrected chi connectivity index (χ3v) is 3.89. The number of benzene rings is 2. The Morgan fingerprint density at radius 2 is 1.95 bits per heavy atom. The zero-order valence-corrected chi connectivity index (χ0v) is 12.0. The van der Waals surface area contributed by atoms with Gasteiger partial charge >= 0.3 is 0 Å². The predicted molar refractivity (Wildman–Crippen MR) is 85.0 cm³/mol. The summed E-state index contributed by atoms with van der Waals surface area (Å²) in [4.78, 5) is 0. The first-order valence-corrected chi connectivity index (χ1v) is 7.41. The van der Waals surface area contributed by atoms with Crippen molar-refractivity contribution in [2.24, 2.45) is 0 Å². The van der Waals surface area contributed by atoms with Gasteiger partial charge in [-0.3, -0.25) is 0 Å². The SMILES string of the molecule is N#Cc1ccc(CNCc2cccc3c2NCCC3)cc1. The maximum Gasteiger partial charge on any atom is 0.0991 e. The van der Waals surface area contributed by atoms with Gasteiger partial charge in [0.25, 0.3) is 0 Å². The number of fused-ring (bicyclic) bond motifs is 1. The molecule has 1 aliphatic rings. The van der Waals surface area contributed by atoms with Gasteiger partial charge in [-0.05, 0) is 41.7 Å². The van der Waals surface area contributed by atoms with Gasteiger partial charge in [-0.25, -0.2) is 0 Å². The number of nitrogens with one attached hydrogen (secondary N) is 2.